The second-order valence-corrected chi connectivity index (χ2v) is 3.63. The molecule has 0 spiro atoms. The lowest BCUT2D eigenvalue weighted by Crippen LogP contribution is -2.00. The lowest BCUT2D eigenvalue weighted by molar-refractivity contribution is 0.298. The molecule has 0 aliphatic carbocycles. The van der Waals surface area contributed by atoms with Crippen molar-refractivity contribution in [1.82, 2.24) is 0 Å². The van der Waals surface area contributed by atoms with Crippen LogP contribution in [-0.4, -0.2) is 0 Å². The molecule has 0 saturated carbocycles. The number of benzene rings is 2. The molecule has 2 aromatic rings. The molecule has 0 N–H and O–H groups in total. The fourth-order valence-corrected chi connectivity index (χ4v) is 1.48. The van der Waals surface area contributed by atoms with Gasteiger partial charge in [-0.15, -0.1) is 0 Å². The first kappa shape index (κ1) is 12.1. The van der Waals surface area contributed by atoms with Crippen molar-refractivity contribution in [3.63, 3.8) is 0 Å². The average molecular weight is 245 g/mol. The molecule has 0 radical (unpaired) electrons. The Morgan fingerprint density at radius 3 is 2.61 bits per heavy atom. The zero-order valence-corrected chi connectivity index (χ0v) is 9.36. The largest absolute Gasteiger partial charge is 0.487 e. The smallest absolute Gasteiger partial charge is 0.137 e. The summed E-state index contributed by atoms with van der Waals surface area (Å²) in [6.45, 7) is -0.0508. The molecule has 18 heavy (non-hydrogen) atoms. The SMILES string of the molecule is N#Cc1ccccc1OCc1ccc(F)cc1F. The highest BCUT2D eigenvalue weighted by Crippen LogP contribution is 2.19. The summed E-state index contributed by atoms with van der Waals surface area (Å²) in [6.07, 6.45) is 0. The van der Waals surface area contributed by atoms with Crippen LogP contribution < -0.4 is 4.74 Å². The van der Waals surface area contributed by atoms with Crippen LogP contribution in [0.3, 0.4) is 0 Å². The van der Waals surface area contributed by atoms with Crippen LogP contribution in [0.25, 0.3) is 0 Å². The number of nitrogens with zero attached hydrogens (tertiary/aromatic N) is 1. The Bertz CT molecular complexity index is 605. The second kappa shape index (κ2) is 5.28. The standard InChI is InChI=1S/C14H9F2NO/c15-12-6-5-11(13(16)7-12)9-18-14-4-2-1-3-10(14)8-17/h1-7H,9H2. The lowest BCUT2D eigenvalue weighted by Gasteiger charge is -2.08. The Morgan fingerprint density at radius 1 is 1.11 bits per heavy atom. The maximum absolute atomic E-state index is 13.4. The third-order valence-electron chi connectivity index (χ3n) is 2.41. The minimum Gasteiger partial charge on any atom is -0.487 e. The first-order valence-corrected chi connectivity index (χ1v) is 5.26. The van der Waals surface area contributed by atoms with Crippen molar-refractivity contribution in [2.75, 3.05) is 0 Å². The lowest BCUT2D eigenvalue weighted by atomic mass is 10.2. The van der Waals surface area contributed by atoms with E-state index in [1.807, 2.05) is 6.07 Å². The van der Waals surface area contributed by atoms with Crippen molar-refractivity contribution in [2.45, 2.75) is 6.61 Å². The molecule has 0 fully saturated rings. The van der Waals surface area contributed by atoms with E-state index in [0.717, 1.165) is 12.1 Å². The maximum Gasteiger partial charge on any atom is 0.137 e. The minimum absolute atomic E-state index is 0.0508. The first-order valence-electron chi connectivity index (χ1n) is 5.26. The normalized spacial score (nSPS) is 9.83. The summed E-state index contributed by atoms with van der Waals surface area (Å²) >= 11 is 0. The van der Waals surface area contributed by atoms with Gasteiger partial charge < -0.3 is 4.74 Å². The molecular weight excluding hydrogens is 236 g/mol. The summed E-state index contributed by atoms with van der Waals surface area (Å²) in [4.78, 5) is 0. The molecule has 0 saturated heterocycles. The zero-order valence-electron chi connectivity index (χ0n) is 9.36. The van der Waals surface area contributed by atoms with Crippen LogP contribution in [0.5, 0.6) is 5.75 Å². The van der Waals surface area contributed by atoms with Crippen LogP contribution in [-0.2, 0) is 6.61 Å². The van der Waals surface area contributed by atoms with Gasteiger partial charge in [0.25, 0.3) is 0 Å². The number of hydrogen-bond acceptors (Lipinski definition) is 2. The molecule has 4 heteroatoms. The molecule has 0 unspecified atom stereocenters. The summed E-state index contributed by atoms with van der Waals surface area (Å²) in [5.74, 6) is -0.915. The van der Waals surface area contributed by atoms with Crippen molar-refractivity contribution in [1.29, 1.82) is 5.26 Å². The van der Waals surface area contributed by atoms with Crippen LogP contribution >= 0.6 is 0 Å². The molecule has 0 aliphatic heterocycles. The van der Waals surface area contributed by atoms with Gasteiger partial charge in [-0.25, -0.2) is 8.78 Å². The van der Waals surface area contributed by atoms with Crippen LogP contribution in [0.1, 0.15) is 11.1 Å². The van der Waals surface area contributed by atoms with Gasteiger partial charge in [-0.3, -0.25) is 0 Å². The Morgan fingerprint density at radius 2 is 1.89 bits per heavy atom. The van der Waals surface area contributed by atoms with Gasteiger partial charge in [0.15, 0.2) is 0 Å². The van der Waals surface area contributed by atoms with Crippen LogP contribution in [0.2, 0.25) is 0 Å². The minimum atomic E-state index is -0.663. The molecular formula is C14H9F2NO. The monoisotopic (exact) mass is 245 g/mol. The number of para-hydroxylation sites is 1. The van der Waals surface area contributed by atoms with Crippen LogP contribution in [0.15, 0.2) is 42.5 Å². The van der Waals surface area contributed by atoms with Crippen LogP contribution in [0.4, 0.5) is 8.78 Å². The molecule has 0 aliphatic rings. The van der Waals surface area contributed by atoms with E-state index < -0.39 is 11.6 Å². The van der Waals surface area contributed by atoms with E-state index in [1.54, 1.807) is 24.3 Å². The number of halogens is 2. The van der Waals surface area contributed by atoms with Crippen LogP contribution in [0, 0.1) is 23.0 Å². The number of nitriles is 1. The third-order valence-corrected chi connectivity index (χ3v) is 2.41. The molecule has 0 bridgehead atoms. The predicted molar refractivity (Wildman–Crippen MR) is 61.8 cm³/mol. The van der Waals surface area contributed by atoms with E-state index in [-0.39, 0.29) is 12.2 Å². The van der Waals surface area contributed by atoms with Crippen molar-refractivity contribution < 1.29 is 13.5 Å². The van der Waals surface area contributed by atoms with E-state index >= 15 is 0 Å². The van der Waals surface area contributed by atoms with E-state index in [9.17, 15) is 8.78 Å². The summed E-state index contributed by atoms with van der Waals surface area (Å²) in [7, 11) is 0. The highest BCUT2D eigenvalue weighted by molar-refractivity contribution is 5.42. The van der Waals surface area contributed by atoms with Gasteiger partial charge in [0, 0.05) is 11.6 Å². The number of ether oxygens (including phenoxy) is 1. The molecule has 2 aromatic carbocycles. The molecule has 2 rings (SSSR count). The van der Waals surface area contributed by atoms with E-state index in [2.05, 4.69) is 0 Å². The quantitative estimate of drug-likeness (QED) is 0.830. The Balaban J connectivity index is 2.14. The summed E-state index contributed by atoms with van der Waals surface area (Å²) < 4.78 is 31.4. The Kier molecular flexibility index (Phi) is 3.54. The van der Waals surface area contributed by atoms with E-state index in [1.165, 1.54) is 6.07 Å². The summed E-state index contributed by atoms with van der Waals surface area (Å²) in [5, 5.41) is 8.85. The number of rotatable bonds is 3. The van der Waals surface area contributed by atoms with E-state index in [0.29, 0.717) is 11.3 Å². The summed E-state index contributed by atoms with van der Waals surface area (Å²) in [5.41, 5.74) is 0.615. The van der Waals surface area contributed by atoms with Gasteiger partial charge in [-0.2, -0.15) is 5.26 Å². The van der Waals surface area contributed by atoms with Gasteiger partial charge in [0.2, 0.25) is 0 Å². The molecule has 0 heterocycles. The molecule has 0 amide bonds. The average Bonchev–Trinajstić information content (AvgIpc) is 2.38. The third kappa shape index (κ3) is 2.64. The Hall–Kier alpha value is -2.41. The predicted octanol–water partition coefficient (Wildman–Crippen LogP) is 3.42. The van der Waals surface area contributed by atoms with Crippen molar-refractivity contribution in [3.05, 3.63) is 65.2 Å². The fourth-order valence-electron chi connectivity index (χ4n) is 1.48. The van der Waals surface area contributed by atoms with Gasteiger partial charge in [0.1, 0.15) is 30.1 Å². The topological polar surface area (TPSA) is 33.0 Å². The molecule has 0 aromatic heterocycles. The van der Waals surface area contributed by atoms with Gasteiger partial charge in [0.05, 0.1) is 5.56 Å². The van der Waals surface area contributed by atoms with Gasteiger partial charge in [-0.05, 0) is 24.3 Å². The number of hydrogen-bond donors (Lipinski definition) is 0. The zero-order chi connectivity index (χ0) is 13.0. The maximum atomic E-state index is 13.4. The molecule has 2 nitrogen and oxygen atoms in total. The molecule has 90 valence electrons. The van der Waals surface area contributed by atoms with Crippen molar-refractivity contribution >= 4 is 0 Å². The van der Waals surface area contributed by atoms with Gasteiger partial charge in [-0.1, -0.05) is 12.1 Å². The van der Waals surface area contributed by atoms with E-state index in [4.69, 9.17) is 10.00 Å². The van der Waals surface area contributed by atoms with Crippen molar-refractivity contribution in [2.24, 2.45) is 0 Å². The summed E-state index contributed by atoms with van der Waals surface area (Å²) in [6, 6.07) is 11.9. The Labute approximate surface area is 103 Å². The van der Waals surface area contributed by atoms with Gasteiger partial charge >= 0.3 is 0 Å². The van der Waals surface area contributed by atoms with Crippen molar-refractivity contribution in [3.8, 4) is 11.8 Å². The highest BCUT2D eigenvalue weighted by Gasteiger charge is 2.06. The fraction of sp³-hybridized carbons (Fsp3) is 0.0714. The molecule has 0 atom stereocenters. The second-order valence-electron chi connectivity index (χ2n) is 3.63. The highest BCUT2D eigenvalue weighted by atomic mass is 19.1. The first-order chi connectivity index (χ1) is 8.70.